The first-order valence-corrected chi connectivity index (χ1v) is 7.97. The van der Waals surface area contributed by atoms with Gasteiger partial charge in [-0.15, -0.1) is 11.3 Å². The van der Waals surface area contributed by atoms with Gasteiger partial charge in [-0.05, 0) is 46.8 Å². The van der Waals surface area contributed by atoms with E-state index in [1.165, 1.54) is 11.3 Å². The van der Waals surface area contributed by atoms with Gasteiger partial charge in [0.2, 0.25) is 0 Å². The molecule has 3 aromatic rings. The lowest BCUT2D eigenvalue weighted by atomic mass is 10.1. The van der Waals surface area contributed by atoms with Crippen molar-refractivity contribution in [3.8, 4) is 11.1 Å². The molecule has 24 heavy (non-hydrogen) atoms. The molecule has 3 rings (SSSR count). The van der Waals surface area contributed by atoms with E-state index in [9.17, 15) is 9.59 Å². The van der Waals surface area contributed by atoms with Crippen molar-refractivity contribution in [2.75, 3.05) is 10.6 Å². The molecule has 3 amide bonds. The number of urea groups is 1. The van der Waals surface area contributed by atoms with E-state index in [1.807, 2.05) is 24.3 Å². The Balaban J connectivity index is 1.67. The number of carbonyl (C=O) groups excluding carboxylic acids is 2. The van der Waals surface area contributed by atoms with E-state index < -0.39 is 11.9 Å². The van der Waals surface area contributed by atoms with E-state index in [2.05, 4.69) is 15.6 Å². The summed E-state index contributed by atoms with van der Waals surface area (Å²) >= 11 is 1.24. The average molecular weight is 338 g/mol. The van der Waals surface area contributed by atoms with Gasteiger partial charge in [0.05, 0.1) is 5.56 Å². The number of nitrogens with zero attached hydrogens (tertiary/aromatic N) is 1. The lowest BCUT2D eigenvalue weighted by Gasteiger charge is -2.08. The molecule has 0 radical (unpaired) electrons. The molecule has 4 N–H and O–H groups in total. The van der Waals surface area contributed by atoms with Crippen LogP contribution in [0.5, 0.6) is 0 Å². The Bertz CT molecular complexity index is 860. The highest BCUT2D eigenvalue weighted by Gasteiger charge is 2.12. The Morgan fingerprint density at radius 1 is 0.917 bits per heavy atom. The third kappa shape index (κ3) is 3.58. The highest BCUT2D eigenvalue weighted by molar-refractivity contribution is 7.14. The zero-order chi connectivity index (χ0) is 16.9. The molecule has 0 aliphatic carbocycles. The maximum Gasteiger partial charge on any atom is 0.324 e. The number of rotatable bonds is 4. The summed E-state index contributed by atoms with van der Waals surface area (Å²) in [6.07, 6.45) is 3.46. The Kier molecular flexibility index (Phi) is 4.53. The number of hydrogen-bond acceptors (Lipinski definition) is 4. The van der Waals surface area contributed by atoms with Crippen molar-refractivity contribution >= 4 is 34.0 Å². The van der Waals surface area contributed by atoms with E-state index in [0.29, 0.717) is 16.3 Å². The third-order valence-corrected chi connectivity index (χ3v) is 4.14. The van der Waals surface area contributed by atoms with Gasteiger partial charge in [-0.2, -0.15) is 0 Å². The van der Waals surface area contributed by atoms with Crippen molar-refractivity contribution in [1.82, 2.24) is 4.98 Å². The normalized spacial score (nSPS) is 10.2. The molecule has 2 heterocycles. The average Bonchev–Trinajstić information content (AvgIpc) is 3.04. The van der Waals surface area contributed by atoms with Crippen molar-refractivity contribution in [1.29, 1.82) is 0 Å². The number of hydrogen-bond donors (Lipinski definition) is 3. The fourth-order valence-electron chi connectivity index (χ4n) is 2.16. The number of nitrogens with two attached hydrogens (primary N) is 1. The van der Waals surface area contributed by atoms with E-state index >= 15 is 0 Å². The lowest BCUT2D eigenvalue weighted by Crippen LogP contribution is -2.21. The summed E-state index contributed by atoms with van der Waals surface area (Å²) in [5, 5.41) is 7.46. The molecule has 1 aromatic carbocycles. The summed E-state index contributed by atoms with van der Waals surface area (Å²) in [6.45, 7) is 0. The molecule has 0 saturated carbocycles. The second kappa shape index (κ2) is 6.93. The smallest absolute Gasteiger partial charge is 0.324 e. The van der Waals surface area contributed by atoms with Crippen LogP contribution in [0.4, 0.5) is 15.5 Å². The van der Waals surface area contributed by atoms with Crippen LogP contribution in [-0.4, -0.2) is 16.9 Å². The number of anilines is 2. The minimum absolute atomic E-state index is 0.295. The van der Waals surface area contributed by atoms with Crippen LogP contribution in [0, 0.1) is 0 Å². The Hall–Kier alpha value is -3.19. The van der Waals surface area contributed by atoms with Crippen molar-refractivity contribution in [2.45, 2.75) is 0 Å². The number of pyridine rings is 1. The second-order valence-electron chi connectivity index (χ2n) is 4.92. The van der Waals surface area contributed by atoms with Crippen molar-refractivity contribution < 1.29 is 9.59 Å². The van der Waals surface area contributed by atoms with Crippen molar-refractivity contribution in [3.05, 3.63) is 65.8 Å². The Labute approximate surface area is 142 Å². The molecular weight excluding hydrogens is 324 g/mol. The highest BCUT2D eigenvalue weighted by Crippen LogP contribution is 2.24. The number of benzene rings is 1. The fraction of sp³-hybridized carbons (Fsp3) is 0. The fourth-order valence-corrected chi connectivity index (χ4v) is 2.94. The lowest BCUT2D eigenvalue weighted by molar-refractivity contribution is 0.100. The highest BCUT2D eigenvalue weighted by atomic mass is 32.1. The summed E-state index contributed by atoms with van der Waals surface area (Å²) in [5.74, 6) is -0.576. The standard InChI is InChI=1S/C17H14N4O2S/c18-15(22)14-7-10-24-16(14)21-17(23)20-13-3-1-11(2-4-13)12-5-8-19-9-6-12/h1-10H,(H2,18,22)(H2,20,21,23). The number of thiophene rings is 1. The molecule has 0 atom stereocenters. The first-order valence-electron chi connectivity index (χ1n) is 7.09. The predicted octanol–water partition coefficient (Wildman–Crippen LogP) is 3.55. The minimum Gasteiger partial charge on any atom is -0.366 e. The third-order valence-electron chi connectivity index (χ3n) is 3.31. The van der Waals surface area contributed by atoms with Crippen molar-refractivity contribution in [3.63, 3.8) is 0 Å². The molecule has 0 unspecified atom stereocenters. The van der Waals surface area contributed by atoms with E-state index in [1.54, 1.807) is 36.0 Å². The minimum atomic E-state index is -0.576. The summed E-state index contributed by atoms with van der Waals surface area (Å²) in [5.41, 5.74) is 8.26. The molecule has 0 fully saturated rings. The van der Waals surface area contributed by atoms with Gasteiger partial charge in [0.15, 0.2) is 0 Å². The van der Waals surface area contributed by atoms with Crippen LogP contribution >= 0.6 is 11.3 Å². The van der Waals surface area contributed by atoms with Crippen LogP contribution in [0.25, 0.3) is 11.1 Å². The summed E-state index contributed by atoms with van der Waals surface area (Å²) in [4.78, 5) is 27.3. The molecule has 6 nitrogen and oxygen atoms in total. The van der Waals surface area contributed by atoms with Gasteiger partial charge < -0.3 is 11.1 Å². The molecular formula is C17H14N4O2S. The topological polar surface area (TPSA) is 97.1 Å². The van der Waals surface area contributed by atoms with E-state index in [-0.39, 0.29) is 0 Å². The molecule has 2 aromatic heterocycles. The van der Waals surface area contributed by atoms with Crippen LogP contribution in [0.2, 0.25) is 0 Å². The number of amides is 3. The number of carbonyl (C=O) groups is 2. The zero-order valence-electron chi connectivity index (χ0n) is 12.5. The molecule has 0 saturated heterocycles. The van der Waals surface area contributed by atoms with Gasteiger partial charge in [-0.1, -0.05) is 12.1 Å². The van der Waals surface area contributed by atoms with Crippen molar-refractivity contribution in [2.24, 2.45) is 5.73 Å². The van der Waals surface area contributed by atoms with Gasteiger partial charge in [0.25, 0.3) is 5.91 Å². The maximum atomic E-state index is 12.0. The summed E-state index contributed by atoms with van der Waals surface area (Å²) in [6, 6.07) is 12.4. The zero-order valence-corrected chi connectivity index (χ0v) is 13.3. The molecule has 0 aliphatic heterocycles. The largest absolute Gasteiger partial charge is 0.366 e. The SMILES string of the molecule is NC(=O)c1ccsc1NC(=O)Nc1ccc(-c2ccncc2)cc1. The Morgan fingerprint density at radius 3 is 2.25 bits per heavy atom. The second-order valence-corrected chi connectivity index (χ2v) is 5.84. The molecule has 120 valence electrons. The van der Waals surface area contributed by atoms with Gasteiger partial charge in [0, 0.05) is 18.1 Å². The van der Waals surface area contributed by atoms with Crippen LogP contribution in [0.3, 0.4) is 0 Å². The van der Waals surface area contributed by atoms with Crippen LogP contribution in [0.15, 0.2) is 60.2 Å². The first kappa shape index (κ1) is 15.7. The molecule has 0 spiro atoms. The van der Waals surface area contributed by atoms with Gasteiger partial charge in [-0.3, -0.25) is 15.1 Å². The number of aromatic nitrogens is 1. The molecule has 0 bridgehead atoms. The quantitative estimate of drug-likeness (QED) is 0.678. The number of nitrogens with one attached hydrogen (secondary N) is 2. The van der Waals surface area contributed by atoms with Gasteiger partial charge >= 0.3 is 6.03 Å². The van der Waals surface area contributed by atoms with E-state index in [0.717, 1.165) is 11.1 Å². The monoisotopic (exact) mass is 338 g/mol. The Morgan fingerprint density at radius 2 is 1.58 bits per heavy atom. The van der Waals surface area contributed by atoms with Crippen LogP contribution in [0.1, 0.15) is 10.4 Å². The summed E-state index contributed by atoms with van der Waals surface area (Å²) < 4.78 is 0. The maximum absolute atomic E-state index is 12.0. The predicted molar refractivity (Wildman–Crippen MR) is 95.2 cm³/mol. The van der Waals surface area contributed by atoms with Gasteiger partial charge in [0.1, 0.15) is 5.00 Å². The summed E-state index contributed by atoms with van der Waals surface area (Å²) in [7, 11) is 0. The number of primary amides is 1. The van der Waals surface area contributed by atoms with E-state index in [4.69, 9.17) is 5.73 Å². The molecule has 7 heteroatoms. The first-order chi connectivity index (χ1) is 11.6. The molecule has 0 aliphatic rings. The van der Waals surface area contributed by atoms with Crippen LogP contribution < -0.4 is 16.4 Å². The van der Waals surface area contributed by atoms with Crippen LogP contribution in [-0.2, 0) is 0 Å². The van der Waals surface area contributed by atoms with Gasteiger partial charge in [-0.25, -0.2) is 4.79 Å².